The molecular weight excluding hydrogens is 322 g/mol. The van der Waals surface area contributed by atoms with Gasteiger partial charge in [0.15, 0.2) is 6.10 Å². The fourth-order valence-electron chi connectivity index (χ4n) is 2.35. The number of carbonyl (C=O) groups is 1. The normalized spacial score (nSPS) is 11.9. The van der Waals surface area contributed by atoms with E-state index in [1.54, 1.807) is 18.3 Å². The van der Waals surface area contributed by atoms with Crippen molar-refractivity contribution >= 4 is 17.2 Å². The first-order valence-electron chi connectivity index (χ1n) is 7.69. The van der Waals surface area contributed by atoms with Crippen LogP contribution in [0.2, 0.25) is 0 Å². The summed E-state index contributed by atoms with van der Waals surface area (Å²) in [5.41, 5.74) is 1.86. The van der Waals surface area contributed by atoms with Gasteiger partial charge in [-0.3, -0.25) is 9.48 Å². The first kappa shape index (κ1) is 16.3. The lowest BCUT2D eigenvalue weighted by molar-refractivity contribution is -0.127. The monoisotopic (exact) mass is 341 g/mol. The number of nitrogens with zero attached hydrogens (tertiary/aromatic N) is 2. The fourth-order valence-corrected chi connectivity index (χ4v) is 3.12. The zero-order valence-corrected chi connectivity index (χ0v) is 14.4. The van der Waals surface area contributed by atoms with Crippen molar-refractivity contribution in [3.63, 3.8) is 0 Å². The molecule has 0 aliphatic rings. The van der Waals surface area contributed by atoms with E-state index >= 15 is 0 Å². The molecule has 1 amide bonds. The molecule has 1 aromatic carbocycles. The number of rotatable bonds is 6. The summed E-state index contributed by atoms with van der Waals surface area (Å²) in [6, 6.07) is 15.4. The van der Waals surface area contributed by atoms with Gasteiger partial charge in [0.05, 0.1) is 22.8 Å². The summed E-state index contributed by atoms with van der Waals surface area (Å²) in [4.78, 5) is 13.3. The van der Waals surface area contributed by atoms with Gasteiger partial charge in [0.1, 0.15) is 5.75 Å². The van der Waals surface area contributed by atoms with E-state index in [9.17, 15) is 4.79 Å². The first-order valence-corrected chi connectivity index (χ1v) is 8.57. The number of nitrogens with one attached hydrogen (secondary N) is 1. The molecule has 0 saturated heterocycles. The van der Waals surface area contributed by atoms with Crippen LogP contribution < -0.4 is 10.1 Å². The first-order chi connectivity index (χ1) is 11.6. The van der Waals surface area contributed by atoms with Crippen LogP contribution in [0.3, 0.4) is 0 Å². The van der Waals surface area contributed by atoms with Crippen LogP contribution in [0.4, 0.5) is 0 Å². The van der Waals surface area contributed by atoms with Crippen molar-refractivity contribution in [2.45, 2.75) is 19.6 Å². The van der Waals surface area contributed by atoms with Gasteiger partial charge in [0, 0.05) is 7.05 Å². The molecule has 0 unspecified atom stereocenters. The average Bonchev–Trinajstić information content (AvgIpc) is 3.22. The predicted molar refractivity (Wildman–Crippen MR) is 94.9 cm³/mol. The van der Waals surface area contributed by atoms with Crippen molar-refractivity contribution < 1.29 is 9.53 Å². The highest BCUT2D eigenvalue weighted by molar-refractivity contribution is 7.13. The van der Waals surface area contributed by atoms with Crippen LogP contribution in [0.5, 0.6) is 5.75 Å². The van der Waals surface area contributed by atoms with Crippen LogP contribution in [-0.2, 0) is 18.4 Å². The van der Waals surface area contributed by atoms with Crippen LogP contribution in [-0.4, -0.2) is 21.8 Å². The predicted octanol–water partition coefficient (Wildman–Crippen LogP) is 3.23. The molecule has 0 spiro atoms. The maximum Gasteiger partial charge on any atom is 0.261 e. The Bertz CT molecular complexity index is 797. The molecule has 0 saturated carbocycles. The van der Waals surface area contributed by atoms with Gasteiger partial charge in [-0.05, 0) is 36.6 Å². The Labute approximate surface area is 144 Å². The van der Waals surface area contributed by atoms with Crippen LogP contribution >= 0.6 is 11.3 Å². The second-order valence-corrected chi connectivity index (χ2v) is 6.36. The van der Waals surface area contributed by atoms with E-state index in [0.717, 1.165) is 16.3 Å². The molecule has 0 aliphatic heterocycles. The molecule has 0 aliphatic carbocycles. The van der Waals surface area contributed by atoms with Crippen LogP contribution in [0.1, 0.15) is 12.6 Å². The van der Waals surface area contributed by atoms with Crippen molar-refractivity contribution in [1.29, 1.82) is 0 Å². The largest absolute Gasteiger partial charge is 0.481 e. The highest BCUT2D eigenvalue weighted by Crippen LogP contribution is 2.24. The summed E-state index contributed by atoms with van der Waals surface area (Å²) < 4.78 is 7.45. The third kappa shape index (κ3) is 3.83. The molecule has 1 N–H and O–H groups in total. The zero-order valence-electron chi connectivity index (χ0n) is 13.6. The molecule has 5 nitrogen and oxygen atoms in total. The van der Waals surface area contributed by atoms with Crippen LogP contribution in [0, 0.1) is 0 Å². The van der Waals surface area contributed by atoms with Gasteiger partial charge in [0.2, 0.25) is 0 Å². The Hall–Kier alpha value is -2.60. The van der Waals surface area contributed by atoms with Gasteiger partial charge < -0.3 is 10.1 Å². The fraction of sp³-hybridized carbons (Fsp3) is 0.222. The molecule has 0 fully saturated rings. The highest BCUT2D eigenvalue weighted by atomic mass is 32.1. The van der Waals surface area contributed by atoms with Crippen molar-refractivity contribution in [2.75, 3.05) is 0 Å². The van der Waals surface area contributed by atoms with Crippen molar-refractivity contribution in [2.24, 2.45) is 7.05 Å². The second-order valence-electron chi connectivity index (χ2n) is 5.41. The van der Waals surface area contributed by atoms with E-state index in [1.807, 2.05) is 59.6 Å². The molecule has 1 atom stereocenters. The molecule has 2 aromatic heterocycles. The molecule has 0 radical (unpaired) electrons. The summed E-state index contributed by atoms with van der Waals surface area (Å²) in [6.07, 6.45) is -0.562. The number of para-hydroxylation sites is 1. The standard InChI is InChI=1S/C18H19N3O2S/c1-13(23-15-7-4-3-5-8-15)18(22)19-12-14-11-16(21(2)20-14)17-9-6-10-24-17/h3-11,13H,12H2,1-2H3,(H,19,22)/t13-/m1/s1. The van der Waals surface area contributed by atoms with E-state index in [4.69, 9.17) is 4.74 Å². The number of hydrogen-bond acceptors (Lipinski definition) is 4. The van der Waals surface area contributed by atoms with Gasteiger partial charge in [0.25, 0.3) is 5.91 Å². The Balaban J connectivity index is 1.57. The lowest BCUT2D eigenvalue weighted by atomic mass is 10.3. The maximum atomic E-state index is 12.2. The van der Waals surface area contributed by atoms with Gasteiger partial charge in [-0.2, -0.15) is 5.10 Å². The third-order valence-corrected chi connectivity index (χ3v) is 4.47. The minimum atomic E-state index is -0.562. The van der Waals surface area contributed by atoms with Gasteiger partial charge in [-0.1, -0.05) is 24.3 Å². The maximum absolute atomic E-state index is 12.2. The van der Waals surface area contributed by atoms with E-state index < -0.39 is 6.10 Å². The molecule has 124 valence electrons. The molecule has 0 bridgehead atoms. The zero-order chi connectivity index (χ0) is 16.9. The van der Waals surface area contributed by atoms with Gasteiger partial charge in [-0.25, -0.2) is 0 Å². The van der Waals surface area contributed by atoms with Crippen molar-refractivity contribution in [3.8, 4) is 16.3 Å². The summed E-state index contributed by atoms with van der Waals surface area (Å²) in [5, 5.41) is 9.35. The smallest absolute Gasteiger partial charge is 0.261 e. The van der Waals surface area contributed by atoms with Crippen LogP contribution in [0.15, 0.2) is 53.9 Å². The van der Waals surface area contributed by atoms with E-state index in [-0.39, 0.29) is 5.91 Å². The molecule has 3 aromatic rings. The summed E-state index contributed by atoms with van der Waals surface area (Å²) in [6.45, 7) is 2.11. The number of benzene rings is 1. The van der Waals surface area contributed by atoms with Gasteiger partial charge in [-0.15, -0.1) is 11.3 Å². The second kappa shape index (κ2) is 7.31. The number of thiophene rings is 1. The topological polar surface area (TPSA) is 56.1 Å². The number of aryl methyl sites for hydroxylation is 1. The number of amides is 1. The lowest BCUT2D eigenvalue weighted by Crippen LogP contribution is -2.36. The molecule has 2 heterocycles. The summed E-state index contributed by atoms with van der Waals surface area (Å²) in [7, 11) is 1.90. The Morgan fingerprint density at radius 2 is 2.08 bits per heavy atom. The summed E-state index contributed by atoms with van der Waals surface area (Å²) in [5.74, 6) is 0.514. The minimum absolute atomic E-state index is 0.165. The molecule has 24 heavy (non-hydrogen) atoms. The van der Waals surface area contributed by atoms with Crippen molar-refractivity contribution in [3.05, 3.63) is 59.6 Å². The SMILES string of the molecule is C[C@@H](Oc1ccccc1)C(=O)NCc1cc(-c2cccs2)n(C)n1. The third-order valence-electron chi connectivity index (χ3n) is 3.57. The number of hydrogen-bond donors (Lipinski definition) is 1. The Morgan fingerprint density at radius 3 is 2.79 bits per heavy atom. The highest BCUT2D eigenvalue weighted by Gasteiger charge is 2.15. The molecular formula is C18H19N3O2S. The van der Waals surface area contributed by atoms with Gasteiger partial charge >= 0.3 is 0 Å². The van der Waals surface area contributed by atoms with E-state index in [0.29, 0.717) is 12.3 Å². The van der Waals surface area contributed by atoms with Crippen LogP contribution in [0.25, 0.3) is 10.6 Å². The van der Waals surface area contributed by atoms with E-state index in [1.165, 1.54) is 0 Å². The summed E-state index contributed by atoms with van der Waals surface area (Å²) >= 11 is 1.67. The number of aromatic nitrogens is 2. The van der Waals surface area contributed by atoms with E-state index in [2.05, 4.69) is 16.5 Å². The number of ether oxygens (including phenoxy) is 1. The minimum Gasteiger partial charge on any atom is -0.481 e. The quantitative estimate of drug-likeness (QED) is 0.749. The average molecular weight is 341 g/mol. The Kier molecular flexibility index (Phi) is 4.96. The lowest BCUT2D eigenvalue weighted by Gasteiger charge is -2.14. The number of carbonyl (C=O) groups excluding carboxylic acids is 1. The molecule has 3 rings (SSSR count). The molecule has 6 heteroatoms. The van der Waals surface area contributed by atoms with Crippen molar-refractivity contribution in [1.82, 2.24) is 15.1 Å². The Morgan fingerprint density at radius 1 is 1.29 bits per heavy atom.